The van der Waals surface area contributed by atoms with Crippen LogP contribution in [0.1, 0.15) is 28.8 Å². The van der Waals surface area contributed by atoms with Gasteiger partial charge in [-0.1, -0.05) is 0 Å². The molecular formula is C9H6F5N3. The van der Waals surface area contributed by atoms with Gasteiger partial charge in [0.1, 0.15) is 11.8 Å². The molecule has 0 unspecified atom stereocenters. The van der Waals surface area contributed by atoms with Crippen molar-refractivity contribution in [3.05, 3.63) is 28.6 Å². The van der Waals surface area contributed by atoms with E-state index in [1.807, 2.05) is 0 Å². The normalized spacial score (nSPS) is 11.6. The van der Waals surface area contributed by atoms with Crippen LogP contribution in [0.4, 0.5) is 22.0 Å². The smallest absolute Gasteiger partial charge is 0.326 e. The van der Waals surface area contributed by atoms with Gasteiger partial charge in [0, 0.05) is 18.3 Å². The summed E-state index contributed by atoms with van der Waals surface area (Å²) in [7, 11) is 0. The van der Waals surface area contributed by atoms with Gasteiger partial charge < -0.3 is 5.73 Å². The van der Waals surface area contributed by atoms with Crippen LogP contribution in [0.5, 0.6) is 0 Å². The van der Waals surface area contributed by atoms with Crippen LogP contribution in [0, 0.1) is 11.3 Å². The number of nitrogens with two attached hydrogens (primary N) is 1. The Bertz CT molecular complexity index is 461. The number of pyridine rings is 1. The summed E-state index contributed by atoms with van der Waals surface area (Å²) in [4.78, 5) is 2.91. The third kappa shape index (κ3) is 2.50. The molecule has 0 aromatic carbocycles. The van der Waals surface area contributed by atoms with Crippen LogP contribution in [0.2, 0.25) is 0 Å². The average Bonchev–Trinajstić information content (AvgIpc) is 2.25. The van der Waals surface area contributed by atoms with E-state index in [-0.39, 0.29) is 0 Å². The molecule has 0 aliphatic heterocycles. The van der Waals surface area contributed by atoms with E-state index in [4.69, 9.17) is 11.0 Å². The zero-order valence-corrected chi connectivity index (χ0v) is 8.22. The van der Waals surface area contributed by atoms with Gasteiger partial charge in [-0.2, -0.15) is 18.4 Å². The standard InChI is InChI=1S/C9H6F5N3/c10-8(11)6-3-17-7(9(12,13)14)5(2-16)4(6)1-15/h3,8H,2,16H2. The maximum Gasteiger partial charge on any atom is 0.433 e. The molecule has 1 rings (SSSR count). The van der Waals surface area contributed by atoms with E-state index in [1.165, 1.54) is 6.07 Å². The Labute approximate surface area is 92.7 Å². The lowest BCUT2D eigenvalue weighted by Crippen LogP contribution is -2.17. The summed E-state index contributed by atoms with van der Waals surface area (Å²) in [5.74, 6) is 0. The number of hydrogen-bond donors (Lipinski definition) is 1. The van der Waals surface area contributed by atoms with E-state index < -0.39 is 41.5 Å². The predicted octanol–water partition coefficient (Wildman–Crippen LogP) is 2.37. The van der Waals surface area contributed by atoms with Crippen LogP contribution < -0.4 is 5.73 Å². The van der Waals surface area contributed by atoms with Gasteiger partial charge in [0.25, 0.3) is 6.43 Å². The van der Waals surface area contributed by atoms with E-state index in [0.717, 1.165) is 0 Å². The maximum atomic E-state index is 12.5. The van der Waals surface area contributed by atoms with Gasteiger partial charge in [-0.25, -0.2) is 8.78 Å². The van der Waals surface area contributed by atoms with Crippen molar-refractivity contribution in [2.24, 2.45) is 5.73 Å². The highest BCUT2D eigenvalue weighted by molar-refractivity contribution is 5.46. The zero-order valence-electron chi connectivity index (χ0n) is 8.22. The summed E-state index contributed by atoms with van der Waals surface area (Å²) in [5, 5.41) is 8.64. The fraction of sp³-hybridized carbons (Fsp3) is 0.333. The first kappa shape index (κ1) is 13.3. The van der Waals surface area contributed by atoms with Crippen LogP contribution >= 0.6 is 0 Å². The van der Waals surface area contributed by atoms with Crippen LogP contribution in [-0.4, -0.2) is 4.98 Å². The van der Waals surface area contributed by atoms with E-state index in [2.05, 4.69) is 4.98 Å². The molecule has 0 bridgehead atoms. The molecule has 0 radical (unpaired) electrons. The summed E-state index contributed by atoms with van der Waals surface area (Å²) in [6, 6.07) is 1.31. The summed E-state index contributed by atoms with van der Waals surface area (Å²) in [6.45, 7) is -0.689. The Hall–Kier alpha value is -1.75. The SMILES string of the molecule is N#Cc1c(C(F)F)cnc(C(F)(F)F)c1CN. The van der Waals surface area contributed by atoms with E-state index >= 15 is 0 Å². The van der Waals surface area contributed by atoms with Crippen LogP contribution in [0.15, 0.2) is 6.20 Å². The van der Waals surface area contributed by atoms with E-state index in [0.29, 0.717) is 6.20 Å². The van der Waals surface area contributed by atoms with Gasteiger partial charge in [0.15, 0.2) is 0 Å². The number of halogens is 5. The summed E-state index contributed by atoms with van der Waals surface area (Å²) < 4.78 is 62.3. The average molecular weight is 251 g/mol. The molecule has 0 aliphatic rings. The molecule has 3 nitrogen and oxygen atoms in total. The van der Waals surface area contributed by atoms with Crippen molar-refractivity contribution in [3.63, 3.8) is 0 Å². The zero-order chi connectivity index (χ0) is 13.2. The van der Waals surface area contributed by atoms with E-state index in [9.17, 15) is 22.0 Å². The van der Waals surface area contributed by atoms with Crippen LogP contribution in [0.3, 0.4) is 0 Å². The number of rotatable bonds is 2. The van der Waals surface area contributed by atoms with Crippen LogP contribution in [0.25, 0.3) is 0 Å². The number of nitriles is 1. The number of nitrogens with zero attached hydrogens (tertiary/aromatic N) is 2. The monoisotopic (exact) mass is 251 g/mol. The molecule has 0 aliphatic carbocycles. The highest BCUT2D eigenvalue weighted by Gasteiger charge is 2.37. The number of aromatic nitrogens is 1. The van der Waals surface area contributed by atoms with Gasteiger partial charge in [0.05, 0.1) is 11.1 Å². The Morgan fingerprint density at radius 3 is 2.35 bits per heavy atom. The fourth-order valence-electron chi connectivity index (χ4n) is 1.31. The number of hydrogen-bond acceptors (Lipinski definition) is 3. The minimum Gasteiger partial charge on any atom is -0.326 e. The second kappa shape index (κ2) is 4.63. The van der Waals surface area contributed by atoms with Gasteiger partial charge in [0.2, 0.25) is 0 Å². The topological polar surface area (TPSA) is 62.7 Å². The Kier molecular flexibility index (Phi) is 3.63. The first-order valence-corrected chi connectivity index (χ1v) is 4.30. The van der Waals surface area contributed by atoms with Crippen LogP contribution in [-0.2, 0) is 12.7 Å². The molecule has 2 N–H and O–H groups in total. The lowest BCUT2D eigenvalue weighted by molar-refractivity contribution is -0.141. The predicted molar refractivity (Wildman–Crippen MR) is 46.8 cm³/mol. The molecule has 17 heavy (non-hydrogen) atoms. The Morgan fingerprint density at radius 2 is 2.00 bits per heavy atom. The second-order valence-corrected chi connectivity index (χ2v) is 3.03. The molecule has 92 valence electrons. The van der Waals surface area contributed by atoms with Crippen molar-refractivity contribution in [1.29, 1.82) is 5.26 Å². The van der Waals surface area contributed by atoms with Crippen molar-refractivity contribution in [2.75, 3.05) is 0 Å². The van der Waals surface area contributed by atoms with Crippen molar-refractivity contribution < 1.29 is 22.0 Å². The molecule has 8 heteroatoms. The molecule has 1 heterocycles. The molecule has 0 saturated carbocycles. The van der Waals surface area contributed by atoms with Gasteiger partial charge in [-0.05, 0) is 0 Å². The second-order valence-electron chi connectivity index (χ2n) is 3.03. The van der Waals surface area contributed by atoms with Gasteiger partial charge in [-0.15, -0.1) is 0 Å². The minimum atomic E-state index is -4.83. The third-order valence-corrected chi connectivity index (χ3v) is 2.03. The molecule has 0 spiro atoms. The minimum absolute atomic E-state index is 0.352. The molecule has 0 saturated heterocycles. The highest BCUT2D eigenvalue weighted by Crippen LogP contribution is 2.34. The molecule has 0 atom stereocenters. The van der Waals surface area contributed by atoms with Crippen molar-refractivity contribution >= 4 is 0 Å². The summed E-state index contributed by atoms with van der Waals surface area (Å²) >= 11 is 0. The lowest BCUT2D eigenvalue weighted by Gasteiger charge is -2.14. The van der Waals surface area contributed by atoms with Crippen molar-refractivity contribution in [3.8, 4) is 6.07 Å². The largest absolute Gasteiger partial charge is 0.433 e. The first-order chi connectivity index (χ1) is 7.82. The van der Waals surface area contributed by atoms with Gasteiger partial charge in [-0.3, -0.25) is 4.98 Å². The molecular weight excluding hydrogens is 245 g/mol. The molecule has 1 aromatic rings. The fourth-order valence-corrected chi connectivity index (χ4v) is 1.31. The Morgan fingerprint density at radius 1 is 1.41 bits per heavy atom. The third-order valence-electron chi connectivity index (χ3n) is 2.03. The molecule has 1 aromatic heterocycles. The molecule has 0 fully saturated rings. The Balaban J connectivity index is 3.56. The van der Waals surface area contributed by atoms with E-state index in [1.54, 1.807) is 0 Å². The highest BCUT2D eigenvalue weighted by atomic mass is 19.4. The van der Waals surface area contributed by atoms with Gasteiger partial charge >= 0.3 is 6.18 Å². The van der Waals surface area contributed by atoms with Crippen molar-refractivity contribution in [1.82, 2.24) is 4.98 Å². The molecule has 0 amide bonds. The summed E-state index contributed by atoms with van der Waals surface area (Å²) in [5.41, 5.74) is 1.34. The number of alkyl halides is 5. The van der Waals surface area contributed by atoms with Crippen molar-refractivity contribution in [2.45, 2.75) is 19.1 Å². The quantitative estimate of drug-likeness (QED) is 0.820. The first-order valence-electron chi connectivity index (χ1n) is 4.30. The summed E-state index contributed by atoms with van der Waals surface area (Å²) in [6.07, 6.45) is -7.56. The maximum absolute atomic E-state index is 12.5. The lowest BCUT2D eigenvalue weighted by atomic mass is 10.0.